The number of amides is 1. The monoisotopic (exact) mass is 286 g/mol. The van der Waals surface area contributed by atoms with Crippen molar-refractivity contribution >= 4 is 22.9 Å². The first-order valence-electron chi connectivity index (χ1n) is 6.25. The average Bonchev–Trinajstić information content (AvgIpc) is 3.05. The molecule has 0 N–H and O–H groups in total. The number of thiophene rings is 1. The Hall–Kier alpha value is -2.21. The van der Waals surface area contributed by atoms with Gasteiger partial charge in [-0.1, -0.05) is 6.07 Å². The fourth-order valence-electron chi connectivity index (χ4n) is 2.05. The molecule has 3 rings (SSSR count). The molecule has 0 aliphatic rings. The first-order chi connectivity index (χ1) is 9.66. The number of carbonyl (C=O) groups is 1. The van der Waals surface area contributed by atoms with Crippen LogP contribution in [0, 0.1) is 6.92 Å². The van der Waals surface area contributed by atoms with Gasteiger partial charge in [0.1, 0.15) is 0 Å². The highest BCUT2D eigenvalue weighted by Gasteiger charge is 2.17. The molecule has 0 saturated carbocycles. The molecule has 102 valence electrons. The van der Waals surface area contributed by atoms with Crippen LogP contribution in [0.4, 0.5) is 0 Å². The van der Waals surface area contributed by atoms with E-state index in [1.807, 2.05) is 47.2 Å². The Labute approximate surface area is 120 Å². The lowest BCUT2D eigenvalue weighted by Gasteiger charge is -2.15. The van der Waals surface area contributed by atoms with E-state index >= 15 is 0 Å². The first-order valence-corrected chi connectivity index (χ1v) is 7.13. The van der Waals surface area contributed by atoms with E-state index < -0.39 is 0 Å². The van der Waals surface area contributed by atoms with Crippen LogP contribution in [0.25, 0.3) is 5.65 Å². The minimum Gasteiger partial charge on any atom is -0.333 e. The summed E-state index contributed by atoms with van der Waals surface area (Å²) in [6.45, 7) is 2.38. The zero-order valence-electron chi connectivity index (χ0n) is 11.3. The van der Waals surface area contributed by atoms with Gasteiger partial charge in [-0.2, -0.15) is 0 Å². The normalized spacial score (nSPS) is 10.9. The SMILES string of the molecule is Cc1ccsc1C(=O)N(C)Cc1nnc2ccccn12. The number of pyridine rings is 1. The van der Waals surface area contributed by atoms with Gasteiger partial charge < -0.3 is 4.90 Å². The number of fused-ring (bicyclic) bond motifs is 1. The highest BCUT2D eigenvalue weighted by Crippen LogP contribution is 2.18. The predicted octanol–water partition coefficient (Wildman–Crippen LogP) is 2.37. The van der Waals surface area contributed by atoms with Crippen LogP contribution in [-0.4, -0.2) is 32.5 Å². The molecule has 0 saturated heterocycles. The van der Waals surface area contributed by atoms with Crippen molar-refractivity contribution in [2.75, 3.05) is 7.05 Å². The Morgan fingerprint density at radius 2 is 2.20 bits per heavy atom. The first kappa shape index (κ1) is 12.8. The van der Waals surface area contributed by atoms with Gasteiger partial charge in [0.05, 0.1) is 11.4 Å². The quantitative estimate of drug-likeness (QED) is 0.742. The van der Waals surface area contributed by atoms with Gasteiger partial charge >= 0.3 is 0 Å². The standard InChI is InChI=1S/C14H14N4OS/c1-10-6-8-20-13(10)14(19)17(2)9-12-16-15-11-5-3-4-7-18(11)12/h3-8H,9H2,1-2H3. The third kappa shape index (κ3) is 2.18. The smallest absolute Gasteiger partial charge is 0.264 e. The van der Waals surface area contributed by atoms with E-state index in [0.717, 1.165) is 21.9 Å². The summed E-state index contributed by atoms with van der Waals surface area (Å²) in [5, 5.41) is 10.2. The molecule has 0 aliphatic heterocycles. The lowest BCUT2D eigenvalue weighted by Crippen LogP contribution is -2.27. The van der Waals surface area contributed by atoms with E-state index in [-0.39, 0.29) is 5.91 Å². The minimum atomic E-state index is 0.0187. The molecular formula is C14H14N4OS. The van der Waals surface area contributed by atoms with Crippen LogP contribution in [0.2, 0.25) is 0 Å². The Morgan fingerprint density at radius 1 is 1.35 bits per heavy atom. The molecule has 3 aromatic rings. The Morgan fingerprint density at radius 3 is 2.95 bits per heavy atom. The van der Waals surface area contributed by atoms with Gasteiger partial charge in [-0.3, -0.25) is 9.20 Å². The molecule has 0 atom stereocenters. The highest BCUT2D eigenvalue weighted by molar-refractivity contribution is 7.12. The van der Waals surface area contributed by atoms with Gasteiger partial charge in [-0.05, 0) is 36.1 Å². The number of hydrogen-bond donors (Lipinski definition) is 0. The van der Waals surface area contributed by atoms with Gasteiger partial charge in [0.25, 0.3) is 5.91 Å². The molecule has 0 aromatic carbocycles. The third-order valence-electron chi connectivity index (χ3n) is 3.17. The molecule has 5 nitrogen and oxygen atoms in total. The fraction of sp³-hybridized carbons (Fsp3) is 0.214. The maximum atomic E-state index is 12.4. The number of aromatic nitrogens is 3. The number of aryl methyl sites for hydroxylation is 1. The molecule has 0 bridgehead atoms. The Kier molecular flexibility index (Phi) is 3.23. The van der Waals surface area contributed by atoms with E-state index in [9.17, 15) is 4.79 Å². The van der Waals surface area contributed by atoms with Crippen LogP contribution in [-0.2, 0) is 6.54 Å². The molecule has 0 radical (unpaired) electrons. The molecule has 0 fully saturated rings. The van der Waals surface area contributed by atoms with Crippen LogP contribution in [0.3, 0.4) is 0 Å². The molecular weight excluding hydrogens is 272 g/mol. The molecule has 0 aliphatic carbocycles. The maximum Gasteiger partial charge on any atom is 0.264 e. The van der Waals surface area contributed by atoms with Crippen molar-refractivity contribution in [3.05, 3.63) is 52.1 Å². The van der Waals surface area contributed by atoms with Crippen molar-refractivity contribution in [1.82, 2.24) is 19.5 Å². The maximum absolute atomic E-state index is 12.4. The summed E-state index contributed by atoms with van der Waals surface area (Å²) in [7, 11) is 1.78. The van der Waals surface area contributed by atoms with E-state index in [4.69, 9.17) is 0 Å². The molecule has 3 heterocycles. The fourth-order valence-corrected chi connectivity index (χ4v) is 2.97. The van der Waals surface area contributed by atoms with Crippen molar-refractivity contribution in [1.29, 1.82) is 0 Å². The zero-order valence-corrected chi connectivity index (χ0v) is 12.1. The van der Waals surface area contributed by atoms with Gasteiger partial charge in [0.15, 0.2) is 11.5 Å². The van der Waals surface area contributed by atoms with Crippen molar-refractivity contribution in [3.63, 3.8) is 0 Å². The Bertz CT molecular complexity index is 761. The van der Waals surface area contributed by atoms with Crippen LogP contribution >= 0.6 is 11.3 Å². The van der Waals surface area contributed by atoms with Gasteiger partial charge in [-0.15, -0.1) is 21.5 Å². The van der Waals surface area contributed by atoms with Crippen molar-refractivity contribution in [2.24, 2.45) is 0 Å². The summed E-state index contributed by atoms with van der Waals surface area (Å²) in [6, 6.07) is 7.68. The lowest BCUT2D eigenvalue weighted by molar-refractivity contribution is 0.0785. The predicted molar refractivity (Wildman–Crippen MR) is 77.8 cm³/mol. The van der Waals surface area contributed by atoms with E-state index in [1.165, 1.54) is 11.3 Å². The van der Waals surface area contributed by atoms with E-state index in [2.05, 4.69) is 10.2 Å². The topological polar surface area (TPSA) is 50.5 Å². The zero-order chi connectivity index (χ0) is 14.1. The van der Waals surface area contributed by atoms with Gasteiger partial charge in [0, 0.05) is 13.2 Å². The third-order valence-corrected chi connectivity index (χ3v) is 4.17. The van der Waals surface area contributed by atoms with Crippen molar-refractivity contribution in [2.45, 2.75) is 13.5 Å². The molecule has 0 unspecified atom stereocenters. The minimum absolute atomic E-state index is 0.0187. The van der Waals surface area contributed by atoms with Crippen molar-refractivity contribution < 1.29 is 4.79 Å². The summed E-state index contributed by atoms with van der Waals surface area (Å²) < 4.78 is 1.89. The van der Waals surface area contributed by atoms with E-state index in [0.29, 0.717) is 6.54 Å². The van der Waals surface area contributed by atoms with Crippen LogP contribution < -0.4 is 0 Å². The molecule has 0 spiro atoms. The Balaban J connectivity index is 1.84. The van der Waals surface area contributed by atoms with Gasteiger partial charge in [-0.25, -0.2) is 0 Å². The second kappa shape index (κ2) is 5.05. The van der Waals surface area contributed by atoms with Crippen LogP contribution in [0.5, 0.6) is 0 Å². The van der Waals surface area contributed by atoms with Gasteiger partial charge in [0.2, 0.25) is 0 Å². The van der Waals surface area contributed by atoms with Crippen LogP contribution in [0.1, 0.15) is 21.1 Å². The molecule has 3 aromatic heterocycles. The molecule has 6 heteroatoms. The summed E-state index contributed by atoms with van der Waals surface area (Å²) in [5.41, 5.74) is 1.80. The summed E-state index contributed by atoms with van der Waals surface area (Å²) in [6.07, 6.45) is 1.90. The summed E-state index contributed by atoms with van der Waals surface area (Å²) in [5.74, 6) is 0.774. The molecule has 1 amide bonds. The largest absolute Gasteiger partial charge is 0.333 e. The second-order valence-corrected chi connectivity index (χ2v) is 5.56. The highest BCUT2D eigenvalue weighted by atomic mass is 32.1. The second-order valence-electron chi connectivity index (χ2n) is 4.64. The molecule has 20 heavy (non-hydrogen) atoms. The van der Waals surface area contributed by atoms with Crippen molar-refractivity contribution in [3.8, 4) is 0 Å². The number of hydrogen-bond acceptors (Lipinski definition) is 4. The van der Waals surface area contributed by atoms with E-state index in [1.54, 1.807) is 11.9 Å². The summed E-state index contributed by atoms with van der Waals surface area (Å²) >= 11 is 1.47. The van der Waals surface area contributed by atoms with Crippen LogP contribution in [0.15, 0.2) is 35.8 Å². The number of carbonyl (C=O) groups excluding carboxylic acids is 1. The summed E-state index contributed by atoms with van der Waals surface area (Å²) in [4.78, 5) is 14.8. The number of rotatable bonds is 3. The average molecular weight is 286 g/mol. The number of nitrogens with zero attached hydrogens (tertiary/aromatic N) is 4. The lowest BCUT2D eigenvalue weighted by atomic mass is 10.2.